The van der Waals surface area contributed by atoms with E-state index >= 15 is 0 Å². The van der Waals surface area contributed by atoms with Crippen molar-refractivity contribution in [3.63, 3.8) is 0 Å². The molecule has 0 saturated heterocycles. The van der Waals surface area contributed by atoms with Gasteiger partial charge in [0.2, 0.25) is 0 Å². The lowest BCUT2D eigenvalue weighted by Crippen LogP contribution is -1.94. The van der Waals surface area contributed by atoms with Gasteiger partial charge in [0.25, 0.3) is 0 Å². The molecule has 0 radical (unpaired) electrons. The van der Waals surface area contributed by atoms with E-state index in [4.69, 9.17) is 4.74 Å². The number of ether oxygens (including phenoxy) is 1. The number of benzene rings is 1. The van der Waals surface area contributed by atoms with E-state index in [9.17, 15) is 4.79 Å². The van der Waals surface area contributed by atoms with Gasteiger partial charge in [-0.05, 0) is 37.5 Å². The summed E-state index contributed by atoms with van der Waals surface area (Å²) in [6, 6.07) is 4.01. The van der Waals surface area contributed by atoms with Crippen molar-refractivity contribution in [2.24, 2.45) is 0 Å². The molecule has 0 atom stereocenters. The fourth-order valence-electron chi connectivity index (χ4n) is 2.15. The molecule has 0 unspecified atom stereocenters. The van der Waals surface area contributed by atoms with E-state index in [1.165, 1.54) is 16.5 Å². The minimum atomic E-state index is 0.222. The second-order valence-electron chi connectivity index (χ2n) is 4.35. The Morgan fingerprint density at radius 3 is 2.82 bits per heavy atom. The number of ketones is 1. The number of aromatic nitrogens is 1. The van der Waals surface area contributed by atoms with Crippen LogP contribution in [0, 0.1) is 6.92 Å². The number of aryl methyl sites for hydroxylation is 2. The molecule has 0 saturated carbocycles. The molecule has 1 heterocycles. The Balaban J connectivity index is 2.48. The normalized spacial score (nSPS) is 10.8. The van der Waals surface area contributed by atoms with E-state index in [0.29, 0.717) is 6.42 Å². The predicted molar refractivity (Wildman–Crippen MR) is 68.6 cm³/mol. The minimum Gasteiger partial charge on any atom is -0.495 e. The van der Waals surface area contributed by atoms with Gasteiger partial charge < -0.3 is 14.5 Å². The van der Waals surface area contributed by atoms with Crippen LogP contribution in [0.15, 0.2) is 18.3 Å². The van der Waals surface area contributed by atoms with Gasteiger partial charge >= 0.3 is 0 Å². The summed E-state index contributed by atoms with van der Waals surface area (Å²) in [5.74, 6) is 1.07. The summed E-state index contributed by atoms with van der Waals surface area (Å²) in [5, 5.41) is 1.19. The third-order valence-electron chi connectivity index (χ3n) is 3.05. The predicted octanol–water partition coefficient (Wildman–Crippen LogP) is 3.01. The first-order chi connectivity index (χ1) is 8.13. The van der Waals surface area contributed by atoms with E-state index in [0.717, 1.165) is 17.7 Å². The molecule has 0 amide bonds. The Labute approximate surface area is 101 Å². The van der Waals surface area contributed by atoms with E-state index in [1.807, 2.05) is 18.3 Å². The Kier molecular flexibility index (Phi) is 3.18. The van der Waals surface area contributed by atoms with E-state index in [-0.39, 0.29) is 5.78 Å². The fraction of sp³-hybridized carbons (Fsp3) is 0.357. The highest BCUT2D eigenvalue weighted by molar-refractivity contribution is 5.91. The van der Waals surface area contributed by atoms with Crippen LogP contribution < -0.4 is 4.74 Å². The summed E-state index contributed by atoms with van der Waals surface area (Å²) in [5.41, 5.74) is 3.42. The van der Waals surface area contributed by atoms with Crippen molar-refractivity contribution >= 4 is 16.7 Å². The van der Waals surface area contributed by atoms with E-state index < -0.39 is 0 Å². The van der Waals surface area contributed by atoms with Gasteiger partial charge in [-0.25, -0.2) is 0 Å². The van der Waals surface area contributed by atoms with Crippen molar-refractivity contribution in [3.05, 3.63) is 29.5 Å². The number of hydrogen-bond acceptors (Lipinski definition) is 2. The highest BCUT2D eigenvalue weighted by Crippen LogP contribution is 2.30. The third kappa shape index (κ3) is 2.18. The van der Waals surface area contributed by atoms with Crippen molar-refractivity contribution in [3.8, 4) is 5.75 Å². The zero-order valence-corrected chi connectivity index (χ0v) is 10.5. The summed E-state index contributed by atoms with van der Waals surface area (Å²) in [7, 11) is 1.67. The average Bonchev–Trinajstić information content (AvgIpc) is 2.72. The maximum Gasteiger partial charge on any atom is 0.142 e. The average molecular weight is 231 g/mol. The maximum atomic E-state index is 11.0. The number of methoxy groups -OCH3 is 1. The molecule has 0 aliphatic carbocycles. The molecule has 2 aromatic rings. The van der Waals surface area contributed by atoms with Crippen molar-refractivity contribution in [2.75, 3.05) is 7.11 Å². The molecule has 0 spiro atoms. The molecule has 0 aliphatic rings. The van der Waals surface area contributed by atoms with Crippen molar-refractivity contribution in [2.45, 2.75) is 26.7 Å². The lowest BCUT2D eigenvalue weighted by molar-refractivity contribution is -0.116. The fourth-order valence-corrected chi connectivity index (χ4v) is 2.15. The van der Waals surface area contributed by atoms with Gasteiger partial charge in [0.15, 0.2) is 0 Å². The number of fused-ring (bicyclic) bond motifs is 1. The summed E-state index contributed by atoms with van der Waals surface area (Å²) >= 11 is 0. The molecule has 2 rings (SSSR count). The number of H-pyrrole nitrogens is 1. The van der Waals surface area contributed by atoms with Gasteiger partial charge in [0.05, 0.1) is 12.6 Å². The van der Waals surface area contributed by atoms with Crippen LogP contribution in [0.4, 0.5) is 0 Å². The molecule has 1 aromatic heterocycles. The zero-order valence-electron chi connectivity index (χ0n) is 10.5. The van der Waals surface area contributed by atoms with Crippen LogP contribution in [0.3, 0.4) is 0 Å². The molecular weight excluding hydrogens is 214 g/mol. The third-order valence-corrected chi connectivity index (χ3v) is 3.05. The number of carbonyl (C=O) groups excluding carboxylic acids is 1. The van der Waals surface area contributed by atoms with Gasteiger partial charge in [-0.15, -0.1) is 0 Å². The SMILES string of the molecule is COc1ccc(C)c2c(CCC(C)=O)c[nH]c12. The second kappa shape index (κ2) is 4.62. The van der Waals surface area contributed by atoms with Gasteiger partial charge in [-0.3, -0.25) is 0 Å². The topological polar surface area (TPSA) is 42.1 Å². The first-order valence-corrected chi connectivity index (χ1v) is 5.76. The molecule has 3 heteroatoms. The van der Waals surface area contributed by atoms with Crippen molar-refractivity contribution < 1.29 is 9.53 Å². The monoisotopic (exact) mass is 231 g/mol. The lowest BCUT2D eigenvalue weighted by atomic mass is 10.0. The molecule has 90 valence electrons. The van der Waals surface area contributed by atoms with Crippen LogP contribution in [0.2, 0.25) is 0 Å². The van der Waals surface area contributed by atoms with Gasteiger partial charge in [0.1, 0.15) is 11.5 Å². The summed E-state index contributed by atoms with van der Waals surface area (Å²) in [6.07, 6.45) is 3.34. The van der Waals surface area contributed by atoms with E-state index in [1.54, 1.807) is 14.0 Å². The van der Waals surface area contributed by atoms with Gasteiger partial charge in [0, 0.05) is 18.0 Å². The Hall–Kier alpha value is -1.77. The quantitative estimate of drug-likeness (QED) is 0.878. The molecular formula is C14H17NO2. The molecule has 1 aromatic carbocycles. The Morgan fingerprint density at radius 2 is 2.18 bits per heavy atom. The van der Waals surface area contributed by atoms with Gasteiger partial charge in [-0.1, -0.05) is 6.07 Å². The van der Waals surface area contributed by atoms with E-state index in [2.05, 4.69) is 11.9 Å². The number of hydrogen-bond donors (Lipinski definition) is 1. The first kappa shape index (κ1) is 11.7. The summed E-state index contributed by atoms with van der Waals surface area (Å²) in [4.78, 5) is 14.3. The maximum absolute atomic E-state index is 11.0. The standard InChI is InChI=1S/C14H17NO2/c1-9-4-7-12(17-3)14-13(9)11(8-15-14)6-5-10(2)16/h4,7-8,15H,5-6H2,1-3H3. The second-order valence-corrected chi connectivity index (χ2v) is 4.35. The summed E-state index contributed by atoms with van der Waals surface area (Å²) < 4.78 is 5.32. The zero-order chi connectivity index (χ0) is 12.4. The minimum absolute atomic E-state index is 0.222. The van der Waals surface area contributed by atoms with Crippen LogP contribution in [0.5, 0.6) is 5.75 Å². The first-order valence-electron chi connectivity index (χ1n) is 5.76. The van der Waals surface area contributed by atoms with Crippen molar-refractivity contribution in [1.82, 2.24) is 4.98 Å². The molecule has 0 aliphatic heterocycles. The van der Waals surface area contributed by atoms with Crippen LogP contribution >= 0.6 is 0 Å². The number of rotatable bonds is 4. The Morgan fingerprint density at radius 1 is 1.41 bits per heavy atom. The number of nitrogens with one attached hydrogen (secondary N) is 1. The molecule has 1 N–H and O–H groups in total. The van der Waals surface area contributed by atoms with Crippen LogP contribution in [0.1, 0.15) is 24.5 Å². The van der Waals surface area contributed by atoms with Crippen LogP contribution in [0.25, 0.3) is 10.9 Å². The van der Waals surface area contributed by atoms with Crippen LogP contribution in [-0.4, -0.2) is 17.9 Å². The number of Topliss-reactive ketones (excluding diaryl/α,β-unsaturated/α-hetero) is 1. The molecule has 17 heavy (non-hydrogen) atoms. The number of aromatic amines is 1. The highest BCUT2D eigenvalue weighted by Gasteiger charge is 2.10. The molecule has 3 nitrogen and oxygen atoms in total. The molecule has 0 fully saturated rings. The Bertz CT molecular complexity index is 555. The van der Waals surface area contributed by atoms with Crippen LogP contribution in [-0.2, 0) is 11.2 Å². The lowest BCUT2D eigenvalue weighted by Gasteiger charge is -2.05. The molecule has 0 bridgehead atoms. The largest absolute Gasteiger partial charge is 0.495 e. The highest BCUT2D eigenvalue weighted by atomic mass is 16.5. The number of carbonyl (C=O) groups is 1. The smallest absolute Gasteiger partial charge is 0.142 e. The van der Waals surface area contributed by atoms with Crippen molar-refractivity contribution in [1.29, 1.82) is 0 Å². The van der Waals surface area contributed by atoms with Gasteiger partial charge in [-0.2, -0.15) is 0 Å². The summed E-state index contributed by atoms with van der Waals surface area (Å²) in [6.45, 7) is 3.70.